The van der Waals surface area contributed by atoms with Gasteiger partial charge in [0.25, 0.3) is 40.3 Å². The fourth-order valence-corrected chi connectivity index (χ4v) is 12.0. The molecule has 0 aromatic heterocycles. The second-order valence-corrected chi connectivity index (χ2v) is 19.2. The Balaban J connectivity index is 1.15. The number of carbonyl (C=O) groups excluding carboxylic acids is 1. The van der Waals surface area contributed by atoms with Crippen molar-refractivity contribution in [2.45, 2.75) is 33.4 Å². The first-order valence-corrected chi connectivity index (χ1v) is 21.8. The van der Waals surface area contributed by atoms with Crippen LogP contribution in [0.5, 0.6) is 11.5 Å². The van der Waals surface area contributed by atoms with Gasteiger partial charge < -0.3 is 20.8 Å². The Kier molecular flexibility index (Phi) is 7.93. The second-order valence-electron chi connectivity index (χ2n) is 12.9. The van der Waals surface area contributed by atoms with Gasteiger partial charge in [-0.25, -0.2) is 30.2 Å². The van der Waals surface area contributed by atoms with Gasteiger partial charge in [0.2, 0.25) is 0 Å². The van der Waals surface area contributed by atoms with Gasteiger partial charge in [-0.05, 0) is 109 Å². The van der Waals surface area contributed by atoms with Crippen molar-refractivity contribution in [3.05, 3.63) is 96.1 Å². The van der Waals surface area contributed by atoms with Crippen molar-refractivity contribution in [3.8, 4) is 11.5 Å². The number of carbonyl (C=O) groups is 1. The van der Waals surface area contributed by atoms with Crippen molar-refractivity contribution in [3.63, 3.8) is 0 Å². The minimum absolute atomic E-state index is 0.0165. The number of nitrogens with one attached hydrogen (secondary N) is 2. The number of phenols is 2. The molecule has 4 heterocycles. The summed E-state index contributed by atoms with van der Waals surface area (Å²) in [5.41, 5.74) is -0.172. The number of phenolic OH excluding ortho intramolecular Hbond substituents is 2. The van der Waals surface area contributed by atoms with Crippen LogP contribution in [0.1, 0.15) is 11.1 Å². The van der Waals surface area contributed by atoms with E-state index in [1.807, 2.05) is 0 Å². The molecule has 0 saturated carbocycles. The highest BCUT2D eigenvalue weighted by Crippen LogP contribution is 2.49. The third-order valence-electron chi connectivity index (χ3n) is 9.54. The molecule has 0 atom stereocenters. The topological polar surface area (TPSA) is 265 Å². The van der Waals surface area contributed by atoms with Gasteiger partial charge in [-0.15, -0.1) is 0 Å². The van der Waals surface area contributed by atoms with Crippen molar-refractivity contribution >= 4 is 102 Å². The van der Waals surface area contributed by atoms with E-state index in [1.165, 1.54) is 74.5 Å². The molecule has 0 saturated heterocycles. The molecule has 10 rings (SSSR count). The number of urea groups is 1. The number of benzene rings is 6. The van der Waals surface area contributed by atoms with Crippen molar-refractivity contribution < 1.29 is 57.8 Å². The fourth-order valence-electron chi connectivity index (χ4n) is 7.06. The monoisotopic (exact) mass is 838 g/mol. The number of hydrogen-bond donors (Lipinski definition) is 6. The van der Waals surface area contributed by atoms with E-state index in [0.717, 1.165) is 32.9 Å². The van der Waals surface area contributed by atoms with Gasteiger partial charge in [0.05, 0.1) is 34.1 Å². The lowest BCUT2D eigenvalue weighted by Gasteiger charge is -2.35. The van der Waals surface area contributed by atoms with Crippen molar-refractivity contribution in [2.24, 2.45) is 0 Å². The molecule has 56 heavy (non-hydrogen) atoms. The summed E-state index contributed by atoms with van der Waals surface area (Å²) in [6.07, 6.45) is 0. The molecule has 17 nitrogen and oxygen atoms in total. The molecule has 4 aliphatic heterocycles. The predicted molar refractivity (Wildman–Crippen MR) is 205 cm³/mol. The lowest BCUT2D eigenvalue weighted by Crippen LogP contribution is -2.35. The Labute approximate surface area is 318 Å². The zero-order chi connectivity index (χ0) is 40.4. The number of aromatic hydroxyl groups is 2. The van der Waals surface area contributed by atoms with E-state index < -0.39 is 65.9 Å². The van der Waals surface area contributed by atoms with Gasteiger partial charge in [0.1, 0.15) is 31.1 Å². The van der Waals surface area contributed by atoms with Crippen molar-refractivity contribution in [1.82, 2.24) is 0 Å². The quantitative estimate of drug-likeness (QED) is 0.108. The first kappa shape index (κ1) is 37.0. The lowest BCUT2D eigenvalue weighted by molar-refractivity contribution is 0.262. The highest BCUT2D eigenvalue weighted by molar-refractivity contribution is 7.94. The van der Waals surface area contributed by atoms with Crippen LogP contribution in [0, 0.1) is 13.8 Å². The van der Waals surface area contributed by atoms with E-state index in [-0.39, 0.29) is 78.3 Å². The maximum Gasteiger partial charge on any atom is 0.323 e. The van der Waals surface area contributed by atoms with E-state index >= 15 is 0 Å². The van der Waals surface area contributed by atoms with Gasteiger partial charge in [0.15, 0.2) is 0 Å². The Bertz CT molecular complexity index is 3050. The average molecular weight is 839 g/mol. The molecule has 0 unspecified atom stereocenters. The second kappa shape index (κ2) is 12.0. The number of anilines is 6. The van der Waals surface area contributed by atoms with Gasteiger partial charge in [-0.2, -0.15) is 16.8 Å². The van der Waals surface area contributed by atoms with Crippen LogP contribution < -0.4 is 19.2 Å². The first-order chi connectivity index (χ1) is 26.1. The Morgan fingerprint density at radius 2 is 0.946 bits per heavy atom. The largest absolute Gasteiger partial charge is 0.508 e. The third kappa shape index (κ3) is 5.58. The van der Waals surface area contributed by atoms with E-state index in [2.05, 4.69) is 10.6 Å². The SMILES string of the molecule is Cc1c2ccc(c1NC(=O)Nc1c3ccc(c1C)N(c1cc(S(=O)(=O)O)c4cc(O)ccc4c1)S3(=O)=O)S(=O)(=O)N2c1cc(S(=O)(=O)O)c2cc(O)ccc2c1. The molecule has 0 spiro atoms. The Morgan fingerprint density at radius 1 is 0.571 bits per heavy atom. The molecular formula is C35H26N4O13S4. The molecule has 4 aliphatic rings. The fraction of sp³-hybridized carbons (Fsp3) is 0.0571. The van der Waals surface area contributed by atoms with E-state index in [9.17, 15) is 57.8 Å². The van der Waals surface area contributed by atoms with Crippen molar-refractivity contribution in [1.29, 1.82) is 0 Å². The van der Waals surface area contributed by atoms with Crippen molar-refractivity contribution in [2.75, 3.05) is 19.2 Å². The third-order valence-corrected chi connectivity index (χ3v) is 14.9. The Hall–Kier alpha value is -5.97. The first-order valence-electron chi connectivity index (χ1n) is 16.0. The molecule has 6 aromatic rings. The van der Waals surface area contributed by atoms with Gasteiger partial charge in [-0.3, -0.25) is 9.11 Å². The van der Waals surface area contributed by atoms with Crippen LogP contribution in [0.2, 0.25) is 0 Å². The molecule has 4 bridgehead atoms. The van der Waals surface area contributed by atoms with Gasteiger partial charge >= 0.3 is 6.03 Å². The molecule has 2 amide bonds. The van der Waals surface area contributed by atoms with Crippen LogP contribution in [0.3, 0.4) is 0 Å². The predicted octanol–water partition coefficient (Wildman–Crippen LogP) is 5.84. The van der Waals surface area contributed by atoms with E-state index in [4.69, 9.17) is 0 Å². The van der Waals surface area contributed by atoms with Gasteiger partial charge in [0, 0.05) is 10.8 Å². The van der Waals surface area contributed by atoms with Crippen LogP contribution in [-0.4, -0.2) is 59.0 Å². The number of sulfonamides is 2. The van der Waals surface area contributed by atoms with Crippen LogP contribution >= 0.6 is 0 Å². The lowest BCUT2D eigenvalue weighted by atomic mass is 10.1. The molecule has 0 aliphatic carbocycles. The summed E-state index contributed by atoms with van der Waals surface area (Å²) >= 11 is 0. The minimum Gasteiger partial charge on any atom is -0.508 e. The number of rotatable bonds is 6. The number of hydrogen-bond acceptors (Lipinski definition) is 11. The Morgan fingerprint density at radius 3 is 1.30 bits per heavy atom. The molecular weight excluding hydrogens is 813 g/mol. The zero-order valence-electron chi connectivity index (χ0n) is 28.6. The highest BCUT2D eigenvalue weighted by atomic mass is 32.2. The smallest absolute Gasteiger partial charge is 0.323 e. The minimum atomic E-state index is -4.91. The molecule has 6 aromatic carbocycles. The summed E-state index contributed by atoms with van der Waals surface area (Å²) in [4.78, 5) is 11.5. The molecule has 6 N–H and O–H groups in total. The summed E-state index contributed by atoms with van der Waals surface area (Å²) in [6, 6.07) is 16.3. The summed E-state index contributed by atoms with van der Waals surface area (Å²) in [7, 11) is -18.9. The number of nitrogens with zero attached hydrogens (tertiary/aromatic N) is 2. The van der Waals surface area contributed by atoms with Crippen LogP contribution in [-0.2, 0) is 40.3 Å². The maximum atomic E-state index is 14.0. The molecule has 0 radical (unpaired) electrons. The van der Waals surface area contributed by atoms with Crippen LogP contribution in [0.15, 0.2) is 105 Å². The summed E-state index contributed by atoms with van der Waals surface area (Å²) < 4.78 is 127. The number of amides is 2. The standard InChI is InChI=1S/C35H26N4O13S4/c1-17-27-7-9-29(53(43,44)38(27)21-11-19-3-5-23(40)15-25(19)31(13-21)55(47,48)49)33(17)36-35(42)37-34-18(2)28-8-10-30(34)54(45,46)39(28)22-12-20-4-6-24(41)16-26(20)32(14-22)56(50,51)52/h3-16,40-41H,1-2H3,(H2,36,37,42)(H,47,48,49)(H,50,51,52). The maximum absolute atomic E-state index is 14.0. The zero-order valence-corrected chi connectivity index (χ0v) is 31.8. The van der Waals surface area contributed by atoms with Crippen LogP contribution in [0.25, 0.3) is 21.5 Å². The van der Waals surface area contributed by atoms with E-state index in [0.29, 0.717) is 0 Å². The molecule has 288 valence electrons. The summed E-state index contributed by atoms with van der Waals surface area (Å²) in [5.74, 6) is -0.589. The van der Waals surface area contributed by atoms with Gasteiger partial charge in [-0.1, -0.05) is 12.1 Å². The summed E-state index contributed by atoms with van der Waals surface area (Å²) in [5, 5.41) is 25.1. The van der Waals surface area contributed by atoms with E-state index in [1.54, 1.807) is 0 Å². The van der Waals surface area contributed by atoms with Crippen LogP contribution in [0.4, 0.5) is 38.9 Å². The summed E-state index contributed by atoms with van der Waals surface area (Å²) in [6.45, 7) is 2.99. The number of fused-ring (bicyclic) bond motifs is 8. The highest BCUT2D eigenvalue weighted by Gasteiger charge is 2.41. The average Bonchev–Trinajstić information content (AvgIpc) is 3.09. The normalized spacial score (nSPS) is 15.4. The molecule has 21 heteroatoms. The molecule has 0 fully saturated rings.